The molecule has 7 N–H and O–H groups in total. The number of hydrogen-bond acceptors (Lipinski definition) is 10. The third kappa shape index (κ3) is 3.51. The Kier molecular flexibility index (Phi) is 5.95. The van der Waals surface area contributed by atoms with Crippen LogP contribution in [-0.4, -0.2) is 104 Å². The molecular formula is C13H24O10. The Balaban J connectivity index is 2.12. The van der Waals surface area contributed by atoms with Crippen molar-refractivity contribution in [2.24, 2.45) is 0 Å². The first-order chi connectivity index (χ1) is 10.7. The van der Waals surface area contributed by atoms with E-state index >= 15 is 0 Å². The van der Waals surface area contributed by atoms with E-state index in [-0.39, 0.29) is 13.0 Å². The van der Waals surface area contributed by atoms with Crippen LogP contribution in [-0.2, 0) is 14.2 Å². The molecule has 0 aromatic heterocycles. The van der Waals surface area contributed by atoms with Gasteiger partial charge in [-0.25, -0.2) is 0 Å². The normalized spacial score (nSPS) is 51.7. The minimum absolute atomic E-state index is 0.0232. The van der Waals surface area contributed by atoms with Crippen molar-refractivity contribution in [2.45, 2.75) is 68.1 Å². The van der Waals surface area contributed by atoms with Crippen molar-refractivity contribution in [2.75, 3.05) is 13.2 Å². The smallest absolute Gasteiger partial charge is 0.194 e. The van der Waals surface area contributed by atoms with Crippen molar-refractivity contribution in [1.82, 2.24) is 0 Å². The van der Waals surface area contributed by atoms with Gasteiger partial charge in [-0.15, -0.1) is 0 Å². The van der Waals surface area contributed by atoms with E-state index in [4.69, 9.17) is 19.3 Å². The van der Waals surface area contributed by atoms with E-state index in [0.717, 1.165) is 0 Å². The van der Waals surface area contributed by atoms with E-state index in [1.54, 1.807) is 6.92 Å². The molecule has 0 radical (unpaired) electrons. The highest BCUT2D eigenvalue weighted by Gasteiger charge is 2.52. The van der Waals surface area contributed by atoms with Crippen LogP contribution in [0.3, 0.4) is 0 Å². The fraction of sp³-hybridized carbons (Fsp3) is 1.00. The summed E-state index contributed by atoms with van der Waals surface area (Å²) in [5, 5.41) is 68.6. The fourth-order valence-electron chi connectivity index (χ4n) is 2.69. The number of rotatable bonds is 4. The van der Waals surface area contributed by atoms with Gasteiger partial charge in [0.1, 0.15) is 42.7 Å². The molecule has 2 saturated heterocycles. The largest absolute Gasteiger partial charge is 0.394 e. The number of aliphatic hydroxyl groups is 7. The summed E-state index contributed by atoms with van der Waals surface area (Å²) in [4.78, 5) is 0. The van der Waals surface area contributed by atoms with Gasteiger partial charge in [0.2, 0.25) is 0 Å². The summed E-state index contributed by atoms with van der Waals surface area (Å²) >= 11 is 0. The molecule has 2 rings (SSSR count). The standard InChI is InChI=1S/C13H24O10/c1-2-13(20)11(19)10(5(15)4-21-13)23-12-9(18)8(17)7(16)6(3-14)22-12/h5-12,14-20H,2-4H2,1H3/t5-,6?,7+,8?,9+,10?,11-,12+,13?/m1/s1. The predicted molar refractivity (Wildman–Crippen MR) is 71.8 cm³/mol. The Bertz CT molecular complexity index is 393. The maximum absolute atomic E-state index is 10.2. The van der Waals surface area contributed by atoms with Gasteiger partial charge in [0.15, 0.2) is 12.1 Å². The molecule has 0 bridgehead atoms. The minimum Gasteiger partial charge on any atom is -0.394 e. The molecule has 4 unspecified atom stereocenters. The first kappa shape index (κ1) is 18.9. The molecule has 0 amide bonds. The number of aliphatic hydroxyl groups excluding tert-OH is 6. The summed E-state index contributed by atoms with van der Waals surface area (Å²) < 4.78 is 15.5. The van der Waals surface area contributed by atoms with E-state index in [1.165, 1.54) is 0 Å². The molecule has 2 aliphatic heterocycles. The predicted octanol–water partition coefficient (Wildman–Crippen LogP) is -3.98. The second kappa shape index (κ2) is 7.23. The minimum atomic E-state index is -1.93. The molecule has 0 saturated carbocycles. The van der Waals surface area contributed by atoms with Crippen molar-refractivity contribution in [1.29, 1.82) is 0 Å². The Morgan fingerprint density at radius 3 is 2.30 bits per heavy atom. The molecular weight excluding hydrogens is 316 g/mol. The summed E-state index contributed by atoms with van der Waals surface area (Å²) in [6, 6.07) is 0. The van der Waals surface area contributed by atoms with Gasteiger partial charge in [-0.05, 0) is 0 Å². The number of ether oxygens (including phenoxy) is 3. The van der Waals surface area contributed by atoms with Gasteiger partial charge in [-0.1, -0.05) is 6.92 Å². The third-order valence-corrected chi connectivity index (χ3v) is 4.30. The molecule has 2 fully saturated rings. The van der Waals surface area contributed by atoms with Gasteiger partial charge in [0, 0.05) is 6.42 Å². The zero-order chi connectivity index (χ0) is 17.4. The van der Waals surface area contributed by atoms with Crippen molar-refractivity contribution in [3.63, 3.8) is 0 Å². The quantitative estimate of drug-likeness (QED) is 0.268. The average molecular weight is 340 g/mol. The first-order valence-corrected chi connectivity index (χ1v) is 7.43. The summed E-state index contributed by atoms with van der Waals surface area (Å²) in [6.45, 7) is 0.609. The first-order valence-electron chi connectivity index (χ1n) is 7.43. The molecule has 0 aromatic carbocycles. The monoisotopic (exact) mass is 340 g/mol. The SMILES string of the molecule is CCC1(O)OC[C@@H](O)C(O[C@@H]2OC(CO)[C@H](O)C(O)[C@@H]2O)[C@H]1O. The maximum Gasteiger partial charge on any atom is 0.194 e. The second-order valence-electron chi connectivity index (χ2n) is 5.82. The summed E-state index contributed by atoms with van der Waals surface area (Å²) in [5.74, 6) is -1.93. The van der Waals surface area contributed by atoms with Gasteiger partial charge >= 0.3 is 0 Å². The topological polar surface area (TPSA) is 169 Å². The van der Waals surface area contributed by atoms with Crippen molar-refractivity contribution >= 4 is 0 Å². The molecule has 0 spiro atoms. The Morgan fingerprint density at radius 2 is 1.74 bits per heavy atom. The average Bonchev–Trinajstić information content (AvgIpc) is 2.55. The van der Waals surface area contributed by atoms with Crippen LogP contribution in [0.1, 0.15) is 13.3 Å². The van der Waals surface area contributed by atoms with Crippen LogP contribution in [0.15, 0.2) is 0 Å². The Morgan fingerprint density at radius 1 is 1.09 bits per heavy atom. The highest BCUT2D eigenvalue weighted by molar-refractivity contribution is 4.94. The van der Waals surface area contributed by atoms with E-state index < -0.39 is 61.4 Å². The molecule has 23 heavy (non-hydrogen) atoms. The molecule has 0 aromatic rings. The Hall–Kier alpha value is -0.400. The zero-order valence-corrected chi connectivity index (χ0v) is 12.6. The molecule has 136 valence electrons. The summed E-state index contributed by atoms with van der Waals surface area (Å²) in [7, 11) is 0. The Labute approximate surface area is 132 Å². The molecule has 2 heterocycles. The molecule has 10 heteroatoms. The van der Waals surface area contributed by atoms with Crippen molar-refractivity contribution in [3.05, 3.63) is 0 Å². The maximum atomic E-state index is 10.2. The van der Waals surface area contributed by atoms with E-state index in [1.807, 2.05) is 0 Å². The molecule has 10 nitrogen and oxygen atoms in total. The highest BCUT2D eigenvalue weighted by Crippen LogP contribution is 2.31. The van der Waals surface area contributed by atoms with Crippen LogP contribution >= 0.6 is 0 Å². The van der Waals surface area contributed by atoms with Gasteiger partial charge in [0.05, 0.1) is 13.2 Å². The number of hydrogen-bond donors (Lipinski definition) is 7. The van der Waals surface area contributed by atoms with Crippen LogP contribution in [0, 0.1) is 0 Å². The fourth-order valence-corrected chi connectivity index (χ4v) is 2.69. The van der Waals surface area contributed by atoms with E-state index in [2.05, 4.69) is 0 Å². The van der Waals surface area contributed by atoms with Crippen LogP contribution in [0.5, 0.6) is 0 Å². The third-order valence-electron chi connectivity index (χ3n) is 4.30. The zero-order valence-electron chi connectivity index (χ0n) is 12.6. The van der Waals surface area contributed by atoms with Crippen molar-refractivity contribution in [3.8, 4) is 0 Å². The van der Waals surface area contributed by atoms with Gasteiger partial charge in [-0.3, -0.25) is 0 Å². The van der Waals surface area contributed by atoms with Crippen LogP contribution in [0.2, 0.25) is 0 Å². The van der Waals surface area contributed by atoms with Crippen molar-refractivity contribution < 1.29 is 50.0 Å². The molecule has 2 aliphatic rings. The summed E-state index contributed by atoms with van der Waals surface area (Å²) in [6.07, 6.45) is -11.9. The van der Waals surface area contributed by atoms with Gasteiger partial charge < -0.3 is 50.0 Å². The lowest BCUT2D eigenvalue weighted by molar-refractivity contribution is -0.369. The van der Waals surface area contributed by atoms with Crippen LogP contribution in [0.4, 0.5) is 0 Å². The van der Waals surface area contributed by atoms with E-state index in [9.17, 15) is 30.6 Å². The van der Waals surface area contributed by atoms with Crippen LogP contribution < -0.4 is 0 Å². The lowest BCUT2D eigenvalue weighted by Gasteiger charge is -2.46. The lowest BCUT2D eigenvalue weighted by atomic mass is 9.94. The second-order valence-corrected chi connectivity index (χ2v) is 5.82. The van der Waals surface area contributed by atoms with Crippen LogP contribution in [0.25, 0.3) is 0 Å². The van der Waals surface area contributed by atoms with Gasteiger partial charge in [-0.2, -0.15) is 0 Å². The molecule has 9 atom stereocenters. The van der Waals surface area contributed by atoms with Gasteiger partial charge in [0.25, 0.3) is 0 Å². The lowest BCUT2D eigenvalue weighted by Crippen LogP contribution is -2.65. The highest BCUT2D eigenvalue weighted by atomic mass is 16.7. The van der Waals surface area contributed by atoms with E-state index in [0.29, 0.717) is 0 Å². The molecule has 0 aliphatic carbocycles. The summed E-state index contributed by atoms with van der Waals surface area (Å²) in [5.41, 5.74) is 0.